The van der Waals surface area contributed by atoms with Crippen molar-refractivity contribution in [2.24, 2.45) is 17.8 Å². The minimum Gasteiger partial charge on any atom is -0.454 e. The van der Waals surface area contributed by atoms with Gasteiger partial charge in [-0.2, -0.15) is 0 Å². The molecule has 2 aliphatic heterocycles. The largest absolute Gasteiger partial charge is 0.508 e. The molecule has 1 aromatic heterocycles. The van der Waals surface area contributed by atoms with Gasteiger partial charge in [0.1, 0.15) is 12.2 Å². The van der Waals surface area contributed by atoms with Crippen LogP contribution in [0.5, 0.6) is 11.5 Å². The average Bonchev–Trinajstić information content (AvgIpc) is 3.32. The summed E-state index contributed by atoms with van der Waals surface area (Å²) in [5.41, 5.74) is 2.70. The molecule has 1 saturated heterocycles. The fourth-order valence-corrected chi connectivity index (χ4v) is 8.66. The van der Waals surface area contributed by atoms with Crippen LogP contribution in [0.3, 0.4) is 0 Å². The molecule has 1 amide bonds. The molecule has 0 radical (unpaired) electrons. The van der Waals surface area contributed by atoms with Gasteiger partial charge in [-0.3, -0.25) is 9.69 Å². The summed E-state index contributed by atoms with van der Waals surface area (Å²) in [5, 5.41) is 3.70. The summed E-state index contributed by atoms with van der Waals surface area (Å²) in [5.74, 6) is 2.73. The standard InChI is InChI=1S/C37H45N3O6S/c1-22(2)27-11-9-23(3)17-30(27)46-36(42)45-26-13-16-40(20-26)33(28-8-6-5-7-24(28)4)32-19-38-35(47-32)39-34(41)37(14-15-37)25-10-12-29-31(18-25)44-21-43-29/h5-8,10,12,18-19,22-23,26-27,30,33H,9,11,13-17,20-21H2,1-4H3,(H,38,39,41)/t23-,26+,27+,30-,33+/m0/s1. The van der Waals surface area contributed by atoms with Gasteiger partial charge in [-0.15, -0.1) is 0 Å². The van der Waals surface area contributed by atoms with E-state index in [9.17, 15) is 9.59 Å². The average molecular weight is 660 g/mol. The van der Waals surface area contributed by atoms with E-state index < -0.39 is 11.6 Å². The van der Waals surface area contributed by atoms with E-state index in [1.165, 1.54) is 28.9 Å². The molecule has 3 fully saturated rings. The first-order valence-electron chi connectivity index (χ1n) is 17.0. The zero-order chi connectivity index (χ0) is 32.7. The second-order valence-corrected chi connectivity index (χ2v) is 15.2. The van der Waals surface area contributed by atoms with Gasteiger partial charge in [-0.05, 0) is 85.6 Å². The predicted molar refractivity (Wildman–Crippen MR) is 180 cm³/mol. The first kappa shape index (κ1) is 31.9. The lowest BCUT2D eigenvalue weighted by Crippen LogP contribution is -2.37. The van der Waals surface area contributed by atoms with Crippen molar-refractivity contribution in [3.63, 3.8) is 0 Å². The number of rotatable bonds is 9. The number of nitrogens with zero attached hydrogens (tertiary/aromatic N) is 2. The topological polar surface area (TPSA) is 99.2 Å². The maximum Gasteiger partial charge on any atom is 0.508 e. The van der Waals surface area contributed by atoms with Gasteiger partial charge >= 0.3 is 6.16 Å². The maximum absolute atomic E-state index is 13.6. The van der Waals surface area contributed by atoms with Crippen molar-refractivity contribution in [2.45, 2.75) is 89.9 Å². The lowest BCUT2D eigenvalue weighted by Gasteiger charge is -2.36. The Balaban J connectivity index is 1.04. The van der Waals surface area contributed by atoms with E-state index in [2.05, 4.69) is 61.1 Å². The number of thiazole rings is 1. The Morgan fingerprint density at radius 3 is 2.66 bits per heavy atom. The van der Waals surface area contributed by atoms with E-state index in [1.54, 1.807) is 0 Å². The van der Waals surface area contributed by atoms with Crippen LogP contribution in [0.15, 0.2) is 48.7 Å². The Kier molecular flexibility index (Phi) is 8.91. The third kappa shape index (κ3) is 6.59. The van der Waals surface area contributed by atoms with E-state index in [-0.39, 0.29) is 30.9 Å². The Morgan fingerprint density at radius 1 is 1.06 bits per heavy atom. The maximum atomic E-state index is 13.6. The van der Waals surface area contributed by atoms with Crippen LogP contribution in [-0.4, -0.2) is 54.0 Å². The summed E-state index contributed by atoms with van der Waals surface area (Å²) in [6.07, 6.45) is 6.42. The summed E-state index contributed by atoms with van der Waals surface area (Å²) in [7, 11) is 0. The third-order valence-electron chi connectivity index (χ3n) is 10.6. The van der Waals surface area contributed by atoms with Gasteiger partial charge in [0.25, 0.3) is 0 Å². The molecule has 0 unspecified atom stereocenters. The van der Waals surface area contributed by atoms with Crippen LogP contribution in [0.25, 0.3) is 0 Å². The lowest BCUT2D eigenvalue weighted by molar-refractivity contribution is -0.118. The lowest BCUT2D eigenvalue weighted by atomic mass is 9.75. The fourth-order valence-electron chi connectivity index (χ4n) is 7.70. The molecule has 1 N–H and O–H groups in total. The Hall–Kier alpha value is -3.63. The molecule has 250 valence electrons. The number of anilines is 1. The van der Waals surface area contributed by atoms with E-state index in [1.807, 2.05) is 30.5 Å². The van der Waals surface area contributed by atoms with Crippen LogP contribution < -0.4 is 14.8 Å². The summed E-state index contributed by atoms with van der Waals surface area (Å²) >= 11 is 1.50. The molecule has 4 aliphatic rings. The molecule has 10 heteroatoms. The number of hydrogen-bond donors (Lipinski definition) is 1. The number of ether oxygens (including phenoxy) is 4. The van der Waals surface area contributed by atoms with E-state index >= 15 is 0 Å². The van der Waals surface area contributed by atoms with Crippen LogP contribution >= 0.6 is 11.3 Å². The van der Waals surface area contributed by atoms with Crippen molar-refractivity contribution in [2.75, 3.05) is 25.2 Å². The van der Waals surface area contributed by atoms with E-state index in [0.29, 0.717) is 40.9 Å². The number of carbonyl (C=O) groups is 2. The number of aryl methyl sites for hydroxylation is 1. The monoisotopic (exact) mass is 659 g/mol. The quantitative estimate of drug-likeness (QED) is 0.234. The minimum absolute atomic E-state index is 0.0510. The number of hydrogen-bond acceptors (Lipinski definition) is 9. The smallest absolute Gasteiger partial charge is 0.454 e. The summed E-state index contributed by atoms with van der Waals surface area (Å²) in [4.78, 5) is 34.7. The van der Waals surface area contributed by atoms with Crippen molar-refractivity contribution < 1.29 is 28.5 Å². The molecule has 47 heavy (non-hydrogen) atoms. The molecule has 3 heterocycles. The number of amides is 1. The predicted octanol–water partition coefficient (Wildman–Crippen LogP) is 7.63. The molecule has 0 bridgehead atoms. The van der Waals surface area contributed by atoms with Crippen LogP contribution in [0.2, 0.25) is 0 Å². The molecule has 3 aromatic rings. The SMILES string of the molecule is Cc1ccccc1[C@H](c1cnc(NC(=O)C2(c3ccc4c(c3)OCO4)CC2)s1)N1CC[C@@H](OC(=O)O[C@H]2C[C@@H](C)CC[C@@H]2C(C)C)C1. The summed E-state index contributed by atoms with van der Waals surface area (Å²) < 4.78 is 22.9. The summed E-state index contributed by atoms with van der Waals surface area (Å²) in [6.45, 7) is 10.3. The first-order chi connectivity index (χ1) is 22.7. The normalized spacial score (nSPS) is 25.4. The van der Waals surface area contributed by atoms with Crippen LogP contribution in [0, 0.1) is 24.7 Å². The van der Waals surface area contributed by atoms with E-state index in [4.69, 9.17) is 18.9 Å². The van der Waals surface area contributed by atoms with Crippen molar-refractivity contribution in [3.8, 4) is 11.5 Å². The van der Waals surface area contributed by atoms with Gasteiger partial charge in [0, 0.05) is 24.2 Å². The molecular weight excluding hydrogens is 614 g/mol. The number of fused-ring (bicyclic) bond motifs is 1. The zero-order valence-electron chi connectivity index (χ0n) is 27.7. The molecule has 5 atom stereocenters. The van der Waals surface area contributed by atoms with Gasteiger partial charge in [0.15, 0.2) is 16.6 Å². The van der Waals surface area contributed by atoms with Gasteiger partial charge in [-0.1, -0.05) is 68.9 Å². The molecule has 9 nitrogen and oxygen atoms in total. The Labute approximate surface area is 280 Å². The third-order valence-corrected chi connectivity index (χ3v) is 11.6. The van der Waals surface area contributed by atoms with Crippen molar-refractivity contribution >= 4 is 28.5 Å². The fraction of sp³-hybridized carbons (Fsp3) is 0.541. The van der Waals surface area contributed by atoms with Crippen LogP contribution in [0.4, 0.5) is 9.93 Å². The number of benzene rings is 2. The van der Waals surface area contributed by atoms with Gasteiger partial charge in [0.2, 0.25) is 12.7 Å². The van der Waals surface area contributed by atoms with Gasteiger partial charge < -0.3 is 24.3 Å². The molecule has 2 saturated carbocycles. The second kappa shape index (κ2) is 13.1. The minimum atomic E-state index is -0.582. The highest BCUT2D eigenvalue weighted by molar-refractivity contribution is 7.15. The first-order valence-corrected chi connectivity index (χ1v) is 17.9. The Bertz CT molecular complexity index is 1620. The van der Waals surface area contributed by atoms with Crippen LogP contribution in [0.1, 0.15) is 86.9 Å². The van der Waals surface area contributed by atoms with Crippen molar-refractivity contribution in [1.82, 2.24) is 9.88 Å². The molecule has 2 aromatic carbocycles. The number of nitrogens with one attached hydrogen (secondary N) is 1. The highest BCUT2D eigenvalue weighted by Crippen LogP contribution is 2.51. The number of likely N-dealkylation sites (tertiary alicyclic amines) is 1. The van der Waals surface area contributed by atoms with E-state index in [0.717, 1.165) is 49.1 Å². The van der Waals surface area contributed by atoms with Crippen molar-refractivity contribution in [1.29, 1.82) is 0 Å². The number of aromatic nitrogens is 1. The summed E-state index contributed by atoms with van der Waals surface area (Å²) in [6, 6.07) is 14.0. The van der Waals surface area contributed by atoms with Crippen molar-refractivity contribution in [3.05, 3.63) is 70.2 Å². The molecule has 7 rings (SSSR count). The molecule has 2 aliphatic carbocycles. The van der Waals surface area contributed by atoms with Gasteiger partial charge in [0.05, 0.1) is 11.5 Å². The second-order valence-electron chi connectivity index (χ2n) is 14.2. The molecular formula is C37H45N3O6S. The highest BCUT2D eigenvalue weighted by atomic mass is 32.1. The van der Waals surface area contributed by atoms with Gasteiger partial charge in [-0.25, -0.2) is 9.78 Å². The highest BCUT2D eigenvalue weighted by Gasteiger charge is 2.52. The molecule has 0 spiro atoms. The van der Waals surface area contributed by atoms with Crippen LogP contribution in [-0.2, 0) is 19.7 Å². The Morgan fingerprint density at radius 2 is 1.87 bits per heavy atom. The number of carbonyl (C=O) groups excluding carboxylic acids is 2. The zero-order valence-corrected chi connectivity index (χ0v) is 28.5.